The summed E-state index contributed by atoms with van der Waals surface area (Å²) in [7, 11) is -1.90. The maximum atomic E-state index is 13.3. The van der Waals surface area contributed by atoms with Gasteiger partial charge in [0.1, 0.15) is 5.75 Å². The summed E-state index contributed by atoms with van der Waals surface area (Å²) in [5.74, 6) is 1.03. The number of nitrogens with zero attached hydrogens (tertiary/aromatic N) is 2. The van der Waals surface area contributed by atoms with Gasteiger partial charge in [0, 0.05) is 29.7 Å². The third-order valence-electron chi connectivity index (χ3n) is 5.68. The number of carbonyl (C=O) groups excluding carboxylic acids is 1. The lowest BCUT2D eigenvalue weighted by atomic mass is 9.88. The number of fused-ring (bicyclic) bond motifs is 1. The van der Waals surface area contributed by atoms with E-state index in [-0.39, 0.29) is 5.91 Å². The molecule has 0 aliphatic carbocycles. The molecule has 1 aliphatic heterocycles. The molecule has 2 aromatic carbocycles. The summed E-state index contributed by atoms with van der Waals surface area (Å²) >= 11 is 6.06. The quantitative estimate of drug-likeness (QED) is 0.604. The Labute approximate surface area is 181 Å². The van der Waals surface area contributed by atoms with Gasteiger partial charge in [0.15, 0.2) is 0 Å². The average molecular weight is 447 g/mol. The number of amides is 1. The van der Waals surface area contributed by atoms with Gasteiger partial charge in [-0.2, -0.15) is 0 Å². The molecule has 1 aromatic heterocycles. The van der Waals surface area contributed by atoms with Crippen LogP contribution in [0.25, 0.3) is 10.9 Å². The number of methoxy groups -OCH3 is 1. The van der Waals surface area contributed by atoms with Crippen molar-refractivity contribution in [3.63, 3.8) is 0 Å². The molecule has 0 spiro atoms. The lowest BCUT2D eigenvalue weighted by Crippen LogP contribution is -2.38. The molecule has 0 saturated carbocycles. The van der Waals surface area contributed by atoms with Crippen LogP contribution in [0.2, 0.25) is 5.02 Å². The molecule has 0 radical (unpaired) electrons. The maximum Gasteiger partial charge on any atom is 0.256 e. The molecule has 1 amide bonds. The van der Waals surface area contributed by atoms with Crippen molar-refractivity contribution in [1.82, 2.24) is 8.87 Å². The highest BCUT2D eigenvalue weighted by molar-refractivity contribution is 7.89. The molecule has 0 bridgehead atoms. The van der Waals surface area contributed by atoms with Crippen LogP contribution in [0.4, 0.5) is 0 Å². The first-order valence-electron chi connectivity index (χ1n) is 9.73. The molecular formula is C22H23ClN2O4S. The average Bonchev–Trinajstić information content (AvgIpc) is 3.12. The number of hydrogen-bond donors (Lipinski definition) is 0. The van der Waals surface area contributed by atoms with Gasteiger partial charge in [-0.25, -0.2) is 12.4 Å². The molecule has 2 heterocycles. The molecule has 0 N–H and O–H groups in total. The van der Waals surface area contributed by atoms with Gasteiger partial charge < -0.3 is 9.64 Å². The molecule has 3 aromatic rings. The van der Waals surface area contributed by atoms with Gasteiger partial charge in [-0.3, -0.25) is 4.79 Å². The zero-order valence-electron chi connectivity index (χ0n) is 16.8. The van der Waals surface area contributed by atoms with Crippen LogP contribution in [-0.4, -0.2) is 49.7 Å². The van der Waals surface area contributed by atoms with Crippen LogP contribution in [0, 0.1) is 0 Å². The van der Waals surface area contributed by atoms with E-state index < -0.39 is 10.0 Å². The number of ether oxygens (including phenoxy) is 1. The summed E-state index contributed by atoms with van der Waals surface area (Å²) < 4.78 is 31.0. The number of halogens is 1. The third-order valence-corrected chi connectivity index (χ3v) is 6.93. The molecular weight excluding hydrogens is 424 g/mol. The Morgan fingerprint density at radius 3 is 2.50 bits per heavy atom. The van der Waals surface area contributed by atoms with E-state index in [2.05, 4.69) is 6.07 Å². The first-order valence-corrected chi connectivity index (χ1v) is 12.0. The number of likely N-dealkylation sites (tertiary alicyclic amines) is 1. The van der Waals surface area contributed by atoms with Gasteiger partial charge in [-0.15, -0.1) is 0 Å². The van der Waals surface area contributed by atoms with E-state index in [0.29, 0.717) is 40.5 Å². The summed E-state index contributed by atoms with van der Waals surface area (Å²) in [5, 5.41) is 1.00. The first kappa shape index (κ1) is 20.8. The fourth-order valence-electron chi connectivity index (χ4n) is 4.18. The van der Waals surface area contributed by atoms with E-state index in [1.54, 1.807) is 30.2 Å². The standard InChI is InChI=1S/C22H23ClN2O4S/c1-29-21-6-4-3-5-17(21)15-9-11-24(12-10-15)22(26)19-14-25(30(2,27)28)20-13-16(23)7-8-18(19)20/h3-8,13-15H,9-12H2,1-2H3. The Hall–Kier alpha value is -2.51. The second kappa shape index (κ2) is 7.96. The van der Waals surface area contributed by atoms with Crippen LogP contribution in [-0.2, 0) is 10.0 Å². The van der Waals surface area contributed by atoms with E-state index >= 15 is 0 Å². The van der Waals surface area contributed by atoms with Crippen LogP contribution in [0.3, 0.4) is 0 Å². The van der Waals surface area contributed by atoms with E-state index in [1.165, 1.54) is 6.20 Å². The maximum absolute atomic E-state index is 13.3. The monoisotopic (exact) mass is 446 g/mol. The fourth-order valence-corrected chi connectivity index (χ4v) is 5.16. The normalized spacial score (nSPS) is 15.5. The minimum Gasteiger partial charge on any atom is -0.496 e. The van der Waals surface area contributed by atoms with Crippen molar-refractivity contribution in [3.8, 4) is 5.75 Å². The highest BCUT2D eigenvalue weighted by atomic mass is 35.5. The summed E-state index contributed by atoms with van der Waals surface area (Å²) in [5.41, 5.74) is 1.95. The van der Waals surface area contributed by atoms with Crippen LogP contribution in [0.1, 0.15) is 34.7 Å². The molecule has 30 heavy (non-hydrogen) atoms. The molecule has 1 saturated heterocycles. The summed E-state index contributed by atoms with van der Waals surface area (Å²) in [6.07, 6.45) is 4.16. The van der Waals surface area contributed by atoms with Gasteiger partial charge in [0.2, 0.25) is 10.0 Å². The smallest absolute Gasteiger partial charge is 0.256 e. The van der Waals surface area contributed by atoms with Gasteiger partial charge in [0.25, 0.3) is 5.91 Å². The molecule has 1 fully saturated rings. The Bertz CT molecular complexity index is 1210. The lowest BCUT2D eigenvalue weighted by molar-refractivity contribution is 0.0714. The molecule has 0 unspecified atom stereocenters. The number of aromatic nitrogens is 1. The molecule has 6 nitrogen and oxygen atoms in total. The summed E-state index contributed by atoms with van der Waals surface area (Å²) in [4.78, 5) is 15.1. The molecule has 1 aliphatic rings. The fraction of sp³-hybridized carbons (Fsp3) is 0.318. The largest absolute Gasteiger partial charge is 0.496 e. The number of piperidine rings is 1. The molecule has 8 heteroatoms. The second-order valence-electron chi connectivity index (χ2n) is 7.57. The lowest BCUT2D eigenvalue weighted by Gasteiger charge is -2.32. The van der Waals surface area contributed by atoms with Crippen LogP contribution in [0.15, 0.2) is 48.7 Å². The van der Waals surface area contributed by atoms with Crippen molar-refractivity contribution in [1.29, 1.82) is 0 Å². The SMILES string of the molecule is COc1ccccc1C1CCN(C(=O)c2cn(S(C)(=O)=O)c3cc(Cl)ccc23)CC1. The third kappa shape index (κ3) is 3.79. The summed E-state index contributed by atoms with van der Waals surface area (Å²) in [6.45, 7) is 1.20. The van der Waals surface area contributed by atoms with Crippen molar-refractivity contribution in [3.05, 3.63) is 64.8 Å². The van der Waals surface area contributed by atoms with Crippen molar-refractivity contribution < 1.29 is 17.9 Å². The topological polar surface area (TPSA) is 68.6 Å². The summed E-state index contributed by atoms with van der Waals surface area (Å²) in [6, 6.07) is 12.9. The van der Waals surface area contributed by atoms with Gasteiger partial charge in [-0.1, -0.05) is 35.9 Å². The van der Waals surface area contributed by atoms with Crippen molar-refractivity contribution in [2.45, 2.75) is 18.8 Å². The first-order chi connectivity index (χ1) is 14.3. The Morgan fingerprint density at radius 1 is 1.13 bits per heavy atom. The molecule has 4 rings (SSSR count). The Balaban J connectivity index is 1.60. The zero-order valence-corrected chi connectivity index (χ0v) is 18.4. The van der Waals surface area contributed by atoms with Crippen LogP contribution < -0.4 is 4.74 Å². The van der Waals surface area contributed by atoms with Crippen molar-refractivity contribution in [2.75, 3.05) is 26.5 Å². The molecule has 0 atom stereocenters. The van der Waals surface area contributed by atoms with E-state index in [1.807, 2.05) is 18.2 Å². The number of para-hydroxylation sites is 1. The minimum absolute atomic E-state index is 0.164. The van der Waals surface area contributed by atoms with Crippen molar-refractivity contribution in [2.24, 2.45) is 0 Å². The van der Waals surface area contributed by atoms with Crippen LogP contribution in [0.5, 0.6) is 5.75 Å². The van der Waals surface area contributed by atoms with Gasteiger partial charge >= 0.3 is 0 Å². The van der Waals surface area contributed by atoms with Crippen LogP contribution >= 0.6 is 11.6 Å². The number of rotatable bonds is 4. The highest BCUT2D eigenvalue weighted by Gasteiger charge is 2.28. The van der Waals surface area contributed by atoms with E-state index in [9.17, 15) is 13.2 Å². The predicted molar refractivity (Wildman–Crippen MR) is 118 cm³/mol. The highest BCUT2D eigenvalue weighted by Crippen LogP contribution is 2.35. The number of carbonyl (C=O) groups is 1. The Kier molecular flexibility index (Phi) is 5.51. The van der Waals surface area contributed by atoms with E-state index in [0.717, 1.165) is 34.4 Å². The Morgan fingerprint density at radius 2 is 1.83 bits per heavy atom. The van der Waals surface area contributed by atoms with E-state index in [4.69, 9.17) is 16.3 Å². The van der Waals surface area contributed by atoms with Gasteiger partial charge in [-0.05, 0) is 42.5 Å². The second-order valence-corrected chi connectivity index (χ2v) is 9.87. The number of benzene rings is 2. The number of hydrogen-bond acceptors (Lipinski definition) is 4. The minimum atomic E-state index is -3.57. The van der Waals surface area contributed by atoms with Gasteiger partial charge in [0.05, 0.1) is 24.4 Å². The predicted octanol–water partition coefficient (Wildman–Crippen LogP) is 4.13. The zero-order chi connectivity index (χ0) is 21.5. The van der Waals surface area contributed by atoms with Crippen molar-refractivity contribution >= 4 is 38.4 Å². The molecule has 158 valence electrons.